The maximum atomic E-state index is 12.4. The molecule has 0 N–H and O–H groups in total. The van der Waals surface area contributed by atoms with Crippen LogP contribution < -0.4 is 56.8 Å². The van der Waals surface area contributed by atoms with Gasteiger partial charge in [-0.25, -0.2) is 0 Å². The predicted molar refractivity (Wildman–Crippen MR) is 52.4 cm³/mol. The molecule has 0 spiro atoms. The van der Waals surface area contributed by atoms with Gasteiger partial charge in [-0.1, -0.05) is 29.8 Å². The minimum atomic E-state index is -4.86. The first-order valence-electron chi connectivity index (χ1n) is 3.82. The van der Waals surface area contributed by atoms with Crippen molar-refractivity contribution < 1.29 is 64.3 Å². The minimum absolute atomic E-state index is 0. The second-order valence-electron chi connectivity index (χ2n) is 2.71. The van der Waals surface area contributed by atoms with E-state index in [0.717, 1.165) is 6.07 Å². The van der Waals surface area contributed by atoms with E-state index in [4.69, 9.17) is 0 Å². The normalized spacial score (nSPS) is 10.9. The minimum Gasteiger partial charge on any atom is -0.445 e. The molecule has 1 rings (SSSR count). The van der Waals surface area contributed by atoms with E-state index in [1.165, 1.54) is 23.9 Å². The van der Waals surface area contributed by atoms with Gasteiger partial charge in [-0.05, 0) is 6.26 Å². The van der Waals surface area contributed by atoms with E-state index in [2.05, 4.69) is 0 Å². The van der Waals surface area contributed by atoms with Crippen molar-refractivity contribution in [2.75, 3.05) is 6.26 Å². The third kappa shape index (κ3) is 4.28. The van der Waals surface area contributed by atoms with E-state index in [1.54, 1.807) is 12.3 Å². The molecule has 0 saturated heterocycles. The Kier molecular flexibility index (Phi) is 7.10. The van der Waals surface area contributed by atoms with Gasteiger partial charge in [-0.15, -0.1) is 5.46 Å². The summed E-state index contributed by atoms with van der Waals surface area (Å²) in [5.41, 5.74) is -0.0839. The average molecular weight is 244 g/mol. The average Bonchev–Trinajstić information content (AvgIpc) is 2.04. The van der Waals surface area contributed by atoms with Gasteiger partial charge in [0.05, 0.1) is 0 Å². The molecule has 0 aliphatic heterocycles. The van der Waals surface area contributed by atoms with Crippen LogP contribution in [0.2, 0.25) is 0 Å². The molecule has 0 aliphatic carbocycles. The molecule has 72 valence electrons. The van der Waals surface area contributed by atoms with Crippen molar-refractivity contribution >= 4 is 24.2 Å². The number of thioether (sulfide) groups is 1. The van der Waals surface area contributed by atoms with Crippen LogP contribution in [0, 0.1) is 0 Å². The number of hydrogen-bond donors (Lipinski definition) is 0. The molecule has 1 aromatic rings. The van der Waals surface area contributed by atoms with Crippen molar-refractivity contribution in [1.29, 1.82) is 0 Å². The zero-order valence-electron chi connectivity index (χ0n) is 8.14. The Balaban J connectivity index is 0.00000169. The number of benzene rings is 1. The Bertz CT molecular complexity index is 290. The van der Waals surface area contributed by atoms with Gasteiger partial charge in [0.1, 0.15) is 0 Å². The smallest absolute Gasteiger partial charge is 0.445 e. The quantitative estimate of drug-likeness (QED) is 0.652. The van der Waals surface area contributed by atoms with Gasteiger partial charge in [0.2, 0.25) is 0 Å². The Morgan fingerprint density at radius 2 is 1.79 bits per heavy atom. The summed E-state index contributed by atoms with van der Waals surface area (Å²) < 4.78 is 37.3. The van der Waals surface area contributed by atoms with Crippen molar-refractivity contribution in [3.63, 3.8) is 0 Å². The van der Waals surface area contributed by atoms with Crippen LogP contribution in [0.4, 0.5) is 12.9 Å². The van der Waals surface area contributed by atoms with E-state index in [-0.39, 0.29) is 51.4 Å². The van der Waals surface area contributed by atoms with Crippen molar-refractivity contribution in [2.45, 2.75) is 5.75 Å². The molecule has 0 aliphatic rings. The summed E-state index contributed by atoms with van der Waals surface area (Å²) >= 11 is 1.39. The van der Waals surface area contributed by atoms with Crippen LogP contribution in [0.5, 0.6) is 0 Å². The van der Waals surface area contributed by atoms with E-state index >= 15 is 0 Å². The molecule has 0 unspecified atom stereocenters. The monoisotopic (exact) mass is 244 g/mol. The molecular weight excluding hydrogens is 235 g/mol. The molecule has 14 heavy (non-hydrogen) atoms. The first-order valence-corrected chi connectivity index (χ1v) is 5.22. The molecule has 0 fully saturated rings. The Labute approximate surface area is 129 Å². The van der Waals surface area contributed by atoms with Crippen LogP contribution >= 0.6 is 11.8 Å². The summed E-state index contributed by atoms with van der Waals surface area (Å²) in [6, 6.07) is 5.73. The maximum absolute atomic E-state index is 12.4. The molecular formula is C8H9BF3KS. The van der Waals surface area contributed by atoms with Gasteiger partial charge in [0.15, 0.2) is 0 Å². The fraction of sp³-hybridized carbons (Fsp3) is 0.250. The van der Waals surface area contributed by atoms with Crippen LogP contribution in [0.15, 0.2) is 24.3 Å². The van der Waals surface area contributed by atoms with Crippen LogP contribution in [0.3, 0.4) is 0 Å². The zero-order chi connectivity index (χ0) is 9.90. The molecule has 0 radical (unpaired) electrons. The van der Waals surface area contributed by atoms with Gasteiger partial charge in [0.25, 0.3) is 0 Å². The Morgan fingerprint density at radius 1 is 1.21 bits per heavy atom. The number of rotatable bonds is 3. The van der Waals surface area contributed by atoms with Crippen LogP contribution in [0.25, 0.3) is 0 Å². The summed E-state index contributed by atoms with van der Waals surface area (Å²) in [4.78, 5) is 0. The molecule has 0 atom stereocenters. The standard InChI is InChI=1S/C8H9BF3S.K/c1-13-6-7-4-2-3-5-8(7)9(10,11)12;/h2-5H,6H2,1H3;/q-1;+1. The molecule has 0 nitrogen and oxygen atoms in total. The molecule has 0 bridgehead atoms. The summed E-state index contributed by atoms with van der Waals surface area (Å²) in [6.07, 6.45) is 1.79. The molecule has 6 heteroatoms. The zero-order valence-corrected chi connectivity index (χ0v) is 12.1. The van der Waals surface area contributed by atoms with Gasteiger partial charge in [-0.2, -0.15) is 11.8 Å². The largest absolute Gasteiger partial charge is 1.00 e. The van der Waals surface area contributed by atoms with Crippen molar-refractivity contribution in [2.24, 2.45) is 0 Å². The third-order valence-electron chi connectivity index (χ3n) is 1.71. The van der Waals surface area contributed by atoms with Crippen LogP contribution in [0.1, 0.15) is 5.56 Å². The number of hydrogen-bond acceptors (Lipinski definition) is 1. The molecule has 0 saturated carbocycles. The first kappa shape index (κ1) is 15.1. The number of halogens is 3. The fourth-order valence-corrected chi connectivity index (χ4v) is 1.71. The fourth-order valence-electron chi connectivity index (χ4n) is 1.14. The van der Waals surface area contributed by atoms with Crippen molar-refractivity contribution in [1.82, 2.24) is 0 Å². The van der Waals surface area contributed by atoms with Crippen molar-refractivity contribution in [3.8, 4) is 0 Å². The molecule has 1 aromatic carbocycles. The Morgan fingerprint density at radius 3 is 2.29 bits per heavy atom. The second-order valence-corrected chi connectivity index (χ2v) is 3.57. The van der Waals surface area contributed by atoms with E-state index in [9.17, 15) is 12.9 Å². The summed E-state index contributed by atoms with van der Waals surface area (Å²) in [5.74, 6) is 0.414. The molecule has 0 aromatic heterocycles. The van der Waals surface area contributed by atoms with Crippen LogP contribution in [-0.4, -0.2) is 13.2 Å². The Hall–Kier alpha value is 1.06. The summed E-state index contributed by atoms with van der Waals surface area (Å²) in [5, 5.41) is 0. The predicted octanol–water partition coefficient (Wildman–Crippen LogP) is -0.392. The summed E-state index contributed by atoms with van der Waals surface area (Å²) in [7, 11) is 0. The molecule has 0 amide bonds. The maximum Gasteiger partial charge on any atom is 1.00 e. The topological polar surface area (TPSA) is 0 Å². The molecule has 0 heterocycles. The first-order chi connectivity index (χ1) is 6.05. The SMILES string of the molecule is CSCc1ccccc1[B-](F)(F)F.[K+]. The van der Waals surface area contributed by atoms with Gasteiger partial charge >= 0.3 is 58.4 Å². The van der Waals surface area contributed by atoms with Gasteiger partial charge < -0.3 is 12.9 Å². The van der Waals surface area contributed by atoms with E-state index in [1.807, 2.05) is 0 Å². The third-order valence-corrected chi connectivity index (χ3v) is 2.31. The van der Waals surface area contributed by atoms with E-state index < -0.39 is 12.4 Å². The van der Waals surface area contributed by atoms with Crippen LogP contribution in [-0.2, 0) is 5.75 Å². The van der Waals surface area contributed by atoms with Gasteiger partial charge in [-0.3, -0.25) is 0 Å². The second kappa shape index (κ2) is 6.60. The van der Waals surface area contributed by atoms with E-state index in [0.29, 0.717) is 11.3 Å². The van der Waals surface area contributed by atoms with Crippen molar-refractivity contribution in [3.05, 3.63) is 29.8 Å². The summed E-state index contributed by atoms with van der Waals surface area (Å²) in [6.45, 7) is -4.86. The van der Waals surface area contributed by atoms with Gasteiger partial charge in [0, 0.05) is 5.75 Å².